The average Bonchev–Trinajstić information content (AvgIpc) is 2.20. The zero-order valence-electron chi connectivity index (χ0n) is 7.89. The van der Waals surface area contributed by atoms with Gasteiger partial charge in [-0.15, -0.1) is 0 Å². The summed E-state index contributed by atoms with van der Waals surface area (Å²) in [7, 11) is 0. The Kier molecular flexibility index (Phi) is 5.61. The Bertz CT molecular complexity index is 444. The van der Waals surface area contributed by atoms with E-state index in [2.05, 4.69) is 4.74 Å². The molecule has 104 valence electrons. The van der Waals surface area contributed by atoms with Crippen LogP contribution in [0.4, 0.5) is 39.5 Å². The van der Waals surface area contributed by atoms with E-state index in [1.54, 1.807) is 0 Å². The summed E-state index contributed by atoms with van der Waals surface area (Å²) in [5.41, 5.74) is 0. The minimum absolute atomic E-state index is 0. The van der Waals surface area contributed by atoms with E-state index < -0.39 is 41.3 Å². The van der Waals surface area contributed by atoms with Gasteiger partial charge in [0.15, 0.2) is 11.6 Å². The summed E-state index contributed by atoms with van der Waals surface area (Å²) in [5.74, 6) is -11.9. The molecule has 0 aromatic heterocycles. The molecule has 0 fully saturated rings. The maximum absolute atomic E-state index is 12.8. The summed E-state index contributed by atoms with van der Waals surface area (Å²) < 4.78 is 113. The molecule has 0 radical (unpaired) electrons. The molecule has 0 aliphatic rings. The number of alkyl halides is 5. The summed E-state index contributed by atoms with van der Waals surface area (Å²) in [6, 6.07) is -0.372. The Hall–Kier alpha value is -0.610. The number of hydrogen-bond acceptors (Lipinski definition) is 1. The number of rotatable bonds is 2. The van der Waals surface area contributed by atoms with Crippen molar-refractivity contribution in [3.05, 3.63) is 29.3 Å². The van der Waals surface area contributed by atoms with Gasteiger partial charge in [0.1, 0.15) is 0 Å². The van der Waals surface area contributed by atoms with Gasteiger partial charge in [-0.05, 0) is 0 Å². The van der Waals surface area contributed by atoms with Gasteiger partial charge in [0.05, 0.1) is 0 Å². The van der Waals surface area contributed by atoms with Gasteiger partial charge in [-0.25, -0.2) is 8.78 Å². The predicted octanol–water partition coefficient (Wildman–Crippen LogP) is 3.13. The molecule has 0 saturated carbocycles. The molecule has 0 bridgehead atoms. The molecule has 0 aliphatic carbocycles. The van der Waals surface area contributed by atoms with Crippen molar-refractivity contribution in [2.75, 3.05) is 0 Å². The van der Waals surface area contributed by atoms with Crippen LogP contribution in [-0.2, 0) is 0 Å². The van der Waals surface area contributed by atoms with E-state index in [-0.39, 0.29) is 35.6 Å². The van der Waals surface area contributed by atoms with Crippen molar-refractivity contribution >= 4 is 29.6 Å². The SMILES string of the molecule is Fc1cc(F)c(F)c(OC(F)(F)C(F)(F)F)c1F.[NaH]. The zero-order chi connectivity index (χ0) is 14.3. The van der Waals surface area contributed by atoms with Crippen LogP contribution >= 0.6 is 0 Å². The second-order valence-corrected chi connectivity index (χ2v) is 2.91. The fraction of sp³-hybridized carbons (Fsp3) is 0.250. The molecular weight excluding hydrogens is 306 g/mol. The first-order valence-electron chi connectivity index (χ1n) is 3.94. The van der Waals surface area contributed by atoms with Gasteiger partial charge in [-0.1, -0.05) is 0 Å². The van der Waals surface area contributed by atoms with E-state index in [1.807, 2.05) is 0 Å². The van der Waals surface area contributed by atoms with Crippen LogP contribution in [-0.4, -0.2) is 41.8 Å². The number of halogens is 9. The third kappa shape index (κ3) is 3.69. The Morgan fingerprint density at radius 2 is 1.16 bits per heavy atom. The first-order valence-corrected chi connectivity index (χ1v) is 3.94. The van der Waals surface area contributed by atoms with Crippen molar-refractivity contribution in [2.24, 2.45) is 0 Å². The van der Waals surface area contributed by atoms with Gasteiger partial charge < -0.3 is 4.74 Å². The van der Waals surface area contributed by atoms with Crippen LogP contribution in [0.25, 0.3) is 0 Å². The first kappa shape index (κ1) is 18.4. The molecule has 0 saturated heterocycles. The van der Waals surface area contributed by atoms with Gasteiger partial charge in [0.2, 0.25) is 17.4 Å². The van der Waals surface area contributed by atoms with Gasteiger partial charge in [-0.2, -0.15) is 30.7 Å². The van der Waals surface area contributed by atoms with Gasteiger partial charge in [0.25, 0.3) is 0 Å². The molecule has 19 heavy (non-hydrogen) atoms. The normalized spacial score (nSPS) is 12.1. The van der Waals surface area contributed by atoms with E-state index >= 15 is 0 Å². The molecule has 0 N–H and O–H groups in total. The van der Waals surface area contributed by atoms with Crippen LogP contribution in [0, 0.1) is 23.3 Å². The summed E-state index contributed by atoms with van der Waals surface area (Å²) in [6.07, 6.45) is -12.3. The molecule has 11 heteroatoms. The first-order chi connectivity index (χ1) is 7.97. The topological polar surface area (TPSA) is 9.23 Å². The number of hydrogen-bond donors (Lipinski definition) is 0. The summed E-state index contributed by atoms with van der Waals surface area (Å²) >= 11 is 0. The average molecular weight is 308 g/mol. The standard InChI is InChI=1S/C8HF9O.Na.H/c9-2-1-3(10)5(12)6(4(2)11)18-8(16,17)7(13,14)15;;/h1H;;. The monoisotopic (exact) mass is 308 g/mol. The Labute approximate surface area is 121 Å². The second kappa shape index (κ2) is 5.80. The van der Waals surface area contributed by atoms with Crippen LogP contribution in [0.15, 0.2) is 6.07 Å². The molecule has 1 nitrogen and oxygen atoms in total. The number of benzene rings is 1. The van der Waals surface area contributed by atoms with Gasteiger partial charge in [-0.3, -0.25) is 0 Å². The van der Waals surface area contributed by atoms with E-state index in [0.29, 0.717) is 0 Å². The predicted molar refractivity (Wildman–Crippen MR) is 45.1 cm³/mol. The molecule has 0 atom stereocenters. The molecule has 0 aliphatic heterocycles. The van der Waals surface area contributed by atoms with E-state index in [0.717, 1.165) is 0 Å². The second-order valence-electron chi connectivity index (χ2n) is 2.91. The Balaban J connectivity index is 0.00000324. The molecule has 1 rings (SSSR count). The summed E-state index contributed by atoms with van der Waals surface area (Å²) in [6.45, 7) is 0. The van der Waals surface area contributed by atoms with E-state index in [9.17, 15) is 39.5 Å². The molecule has 0 spiro atoms. The fourth-order valence-electron chi connectivity index (χ4n) is 0.827. The maximum atomic E-state index is 12.8. The zero-order valence-corrected chi connectivity index (χ0v) is 7.89. The van der Waals surface area contributed by atoms with Crippen LogP contribution in [0.3, 0.4) is 0 Å². The molecule has 1 aromatic carbocycles. The Morgan fingerprint density at radius 1 is 0.789 bits per heavy atom. The van der Waals surface area contributed by atoms with Gasteiger partial charge >= 0.3 is 41.8 Å². The van der Waals surface area contributed by atoms with Crippen LogP contribution in [0.5, 0.6) is 5.75 Å². The summed E-state index contributed by atoms with van der Waals surface area (Å²) in [4.78, 5) is 0. The third-order valence-electron chi connectivity index (χ3n) is 1.63. The third-order valence-corrected chi connectivity index (χ3v) is 1.63. The molecular formula is C8H2F9NaO. The number of ether oxygens (including phenoxy) is 1. The van der Waals surface area contributed by atoms with E-state index in [1.165, 1.54) is 0 Å². The fourth-order valence-corrected chi connectivity index (χ4v) is 0.827. The van der Waals surface area contributed by atoms with Crippen LogP contribution in [0.2, 0.25) is 0 Å². The minimum atomic E-state index is -6.31. The molecule has 0 unspecified atom stereocenters. The van der Waals surface area contributed by atoms with Crippen molar-refractivity contribution in [1.82, 2.24) is 0 Å². The van der Waals surface area contributed by atoms with Crippen molar-refractivity contribution in [1.29, 1.82) is 0 Å². The van der Waals surface area contributed by atoms with Gasteiger partial charge in [0, 0.05) is 6.07 Å². The van der Waals surface area contributed by atoms with E-state index in [4.69, 9.17) is 0 Å². The quantitative estimate of drug-likeness (QED) is 0.463. The van der Waals surface area contributed by atoms with Crippen molar-refractivity contribution in [3.8, 4) is 5.75 Å². The molecule has 0 amide bonds. The van der Waals surface area contributed by atoms with Crippen LogP contribution < -0.4 is 4.74 Å². The van der Waals surface area contributed by atoms with Crippen molar-refractivity contribution in [3.63, 3.8) is 0 Å². The summed E-state index contributed by atoms with van der Waals surface area (Å²) in [5, 5.41) is 0. The van der Waals surface area contributed by atoms with Crippen molar-refractivity contribution in [2.45, 2.75) is 12.3 Å². The van der Waals surface area contributed by atoms with Crippen LogP contribution in [0.1, 0.15) is 0 Å². The van der Waals surface area contributed by atoms with Crippen molar-refractivity contribution < 1.29 is 44.3 Å². The Morgan fingerprint density at radius 3 is 1.47 bits per heavy atom. The molecule has 1 aromatic rings. The molecule has 0 heterocycles.